The minimum absolute atomic E-state index is 0.00536. The van der Waals surface area contributed by atoms with E-state index in [9.17, 15) is 13.2 Å². The van der Waals surface area contributed by atoms with E-state index in [1.807, 2.05) is 0 Å². The summed E-state index contributed by atoms with van der Waals surface area (Å²) in [7, 11) is 0. The first-order valence-electron chi connectivity index (χ1n) is 6.17. The van der Waals surface area contributed by atoms with E-state index in [4.69, 9.17) is 11.6 Å². The van der Waals surface area contributed by atoms with E-state index in [1.165, 1.54) is 6.42 Å². The molecule has 1 saturated heterocycles. The Balaban J connectivity index is 1.90. The summed E-state index contributed by atoms with van der Waals surface area (Å²) >= 11 is 5.79. The molecule has 1 aromatic heterocycles. The number of pyridine rings is 1. The van der Waals surface area contributed by atoms with Crippen molar-refractivity contribution >= 4 is 17.4 Å². The van der Waals surface area contributed by atoms with Crippen molar-refractivity contribution < 1.29 is 13.2 Å². The summed E-state index contributed by atoms with van der Waals surface area (Å²) in [5, 5.41) is 6.31. The summed E-state index contributed by atoms with van der Waals surface area (Å²) < 4.78 is 37.3. The van der Waals surface area contributed by atoms with Crippen LogP contribution >= 0.6 is 11.6 Å². The van der Waals surface area contributed by atoms with E-state index in [-0.39, 0.29) is 5.02 Å². The third-order valence-corrected chi connectivity index (χ3v) is 3.40. The Kier molecular flexibility index (Phi) is 4.52. The molecule has 2 rings (SSSR count). The lowest BCUT2D eigenvalue weighted by atomic mass is 10.1. The topological polar surface area (TPSA) is 37.0 Å². The van der Waals surface area contributed by atoms with Crippen LogP contribution in [0.1, 0.15) is 24.8 Å². The van der Waals surface area contributed by atoms with Crippen molar-refractivity contribution in [2.45, 2.75) is 31.5 Å². The quantitative estimate of drug-likeness (QED) is 0.894. The zero-order chi connectivity index (χ0) is 13.9. The van der Waals surface area contributed by atoms with E-state index in [1.54, 1.807) is 0 Å². The highest BCUT2D eigenvalue weighted by molar-refractivity contribution is 6.32. The van der Waals surface area contributed by atoms with E-state index in [2.05, 4.69) is 15.6 Å². The van der Waals surface area contributed by atoms with Crippen molar-refractivity contribution in [1.29, 1.82) is 0 Å². The van der Waals surface area contributed by atoms with Crippen LogP contribution in [0.25, 0.3) is 0 Å². The summed E-state index contributed by atoms with van der Waals surface area (Å²) in [5.41, 5.74) is -0.833. The van der Waals surface area contributed by atoms with Gasteiger partial charge in [0.2, 0.25) is 0 Å². The molecule has 0 bridgehead atoms. The molecule has 1 atom stereocenters. The first-order chi connectivity index (χ1) is 8.97. The van der Waals surface area contributed by atoms with E-state index < -0.39 is 11.7 Å². The minimum atomic E-state index is -4.41. The number of hydrogen-bond donors (Lipinski definition) is 2. The normalized spacial score (nSPS) is 19.7. The average molecular weight is 294 g/mol. The summed E-state index contributed by atoms with van der Waals surface area (Å²) in [5.74, 6) is 0.299. The van der Waals surface area contributed by atoms with Gasteiger partial charge < -0.3 is 10.6 Å². The first-order valence-corrected chi connectivity index (χ1v) is 6.54. The molecule has 0 spiro atoms. The molecule has 0 saturated carbocycles. The molecule has 1 aliphatic heterocycles. The van der Waals surface area contributed by atoms with Crippen molar-refractivity contribution in [3.8, 4) is 0 Å². The number of nitrogens with one attached hydrogen (secondary N) is 2. The zero-order valence-electron chi connectivity index (χ0n) is 10.2. The van der Waals surface area contributed by atoms with Gasteiger partial charge in [-0.3, -0.25) is 0 Å². The second kappa shape index (κ2) is 5.96. The maximum absolute atomic E-state index is 12.4. The van der Waals surface area contributed by atoms with Crippen LogP contribution in [-0.2, 0) is 6.18 Å². The van der Waals surface area contributed by atoms with Crippen LogP contribution in [0.2, 0.25) is 5.02 Å². The van der Waals surface area contributed by atoms with Crippen molar-refractivity contribution in [2.24, 2.45) is 0 Å². The lowest BCUT2D eigenvalue weighted by molar-refractivity contribution is -0.137. The van der Waals surface area contributed by atoms with Crippen LogP contribution < -0.4 is 10.6 Å². The van der Waals surface area contributed by atoms with E-state index in [0.717, 1.165) is 31.6 Å². The standard InChI is InChI=1S/C12H15ClF3N3/c13-10-6-8(12(14,15)16)7-19-11(10)18-5-3-9-2-1-4-17-9/h6-7,9,17H,1-5H2,(H,18,19). The second-order valence-corrected chi connectivity index (χ2v) is 4.97. The fourth-order valence-electron chi connectivity index (χ4n) is 2.09. The Bertz CT molecular complexity index is 431. The monoisotopic (exact) mass is 293 g/mol. The van der Waals surface area contributed by atoms with Gasteiger partial charge in [0, 0.05) is 18.8 Å². The lowest BCUT2D eigenvalue weighted by Crippen LogP contribution is -2.24. The maximum atomic E-state index is 12.4. The SMILES string of the molecule is FC(F)(F)c1cnc(NCCC2CCCN2)c(Cl)c1. The van der Waals surface area contributed by atoms with Crippen LogP contribution in [-0.4, -0.2) is 24.1 Å². The number of alkyl halides is 3. The van der Waals surface area contributed by atoms with Gasteiger partial charge in [0.1, 0.15) is 5.82 Å². The van der Waals surface area contributed by atoms with Crippen LogP contribution in [0.3, 0.4) is 0 Å². The predicted octanol–water partition coefficient (Wildman–Crippen LogP) is 3.31. The van der Waals surface area contributed by atoms with Crippen LogP contribution in [0.5, 0.6) is 0 Å². The number of rotatable bonds is 4. The predicted molar refractivity (Wildman–Crippen MR) is 68.4 cm³/mol. The Morgan fingerprint density at radius 3 is 2.84 bits per heavy atom. The number of nitrogens with zero attached hydrogens (tertiary/aromatic N) is 1. The van der Waals surface area contributed by atoms with Gasteiger partial charge in [-0.2, -0.15) is 13.2 Å². The summed E-state index contributed by atoms with van der Waals surface area (Å²) in [4.78, 5) is 3.73. The number of aromatic nitrogens is 1. The molecule has 0 aliphatic carbocycles. The fraction of sp³-hybridized carbons (Fsp3) is 0.583. The third-order valence-electron chi connectivity index (χ3n) is 3.12. The molecular weight excluding hydrogens is 279 g/mol. The molecule has 19 heavy (non-hydrogen) atoms. The molecule has 0 radical (unpaired) electrons. The van der Waals surface area contributed by atoms with Crippen LogP contribution in [0, 0.1) is 0 Å². The Labute approximate surface area is 114 Å². The number of anilines is 1. The van der Waals surface area contributed by atoms with Crippen molar-refractivity contribution in [3.63, 3.8) is 0 Å². The highest BCUT2D eigenvalue weighted by atomic mass is 35.5. The van der Waals surface area contributed by atoms with Gasteiger partial charge in [0.05, 0.1) is 10.6 Å². The van der Waals surface area contributed by atoms with Gasteiger partial charge in [-0.25, -0.2) is 4.98 Å². The highest BCUT2D eigenvalue weighted by Gasteiger charge is 2.31. The molecule has 1 aliphatic rings. The molecule has 0 amide bonds. The molecular formula is C12H15ClF3N3. The molecule has 3 nitrogen and oxygen atoms in total. The van der Waals surface area contributed by atoms with Gasteiger partial charge in [-0.1, -0.05) is 11.6 Å². The smallest absolute Gasteiger partial charge is 0.369 e. The molecule has 1 fully saturated rings. The zero-order valence-corrected chi connectivity index (χ0v) is 11.0. The lowest BCUT2D eigenvalue weighted by Gasteiger charge is -2.13. The largest absolute Gasteiger partial charge is 0.417 e. The molecule has 106 valence electrons. The molecule has 1 unspecified atom stereocenters. The van der Waals surface area contributed by atoms with Gasteiger partial charge in [-0.05, 0) is 31.9 Å². The van der Waals surface area contributed by atoms with E-state index >= 15 is 0 Å². The third kappa shape index (κ3) is 3.98. The Morgan fingerprint density at radius 1 is 1.47 bits per heavy atom. The molecule has 2 N–H and O–H groups in total. The second-order valence-electron chi connectivity index (χ2n) is 4.56. The molecule has 0 aromatic carbocycles. The van der Waals surface area contributed by atoms with Gasteiger partial charge in [0.25, 0.3) is 0 Å². The minimum Gasteiger partial charge on any atom is -0.369 e. The van der Waals surface area contributed by atoms with Gasteiger partial charge in [0.15, 0.2) is 0 Å². The number of hydrogen-bond acceptors (Lipinski definition) is 3. The van der Waals surface area contributed by atoms with E-state index in [0.29, 0.717) is 18.4 Å². The Hall–Kier alpha value is -1.01. The fourth-order valence-corrected chi connectivity index (χ4v) is 2.32. The van der Waals surface area contributed by atoms with Crippen molar-refractivity contribution in [3.05, 3.63) is 22.8 Å². The van der Waals surface area contributed by atoms with Gasteiger partial charge in [-0.15, -0.1) is 0 Å². The number of halogens is 4. The maximum Gasteiger partial charge on any atom is 0.417 e. The Morgan fingerprint density at radius 2 is 2.26 bits per heavy atom. The highest BCUT2D eigenvalue weighted by Crippen LogP contribution is 2.32. The molecule has 7 heteroatoms. The summed E-state index contributed by atoms with van der Waals surface area (Å²) in [6.07, 6.45) is -0.413. The van der Waals surface area contributed by atoms with Gasteiger partial charge >= 0.3 is 6.18 Å². The van der Waals surface area contributed by atoms with Crippen LogP contribution in [0.4, 0.5) is 19.0 Å². The molecule has 2 heterocycles. The average Bonchev–Trinajstić information content (AvgIpc) is 2.83. The van der Waals surface area contributed by atoms with Crippen molar-refractivity contribution in [2.75, 3.05) is 18.4 Å². The summed E-state index contributed by atoms with van der Waals surface area (Å²) in [6.45, 7) is 1.67. The van der Waals surface area contributed by atoms with Crippen molar-refractivity contribution in [1.82, 2.24) is 10.3 Å². The summed E-state index contributed by atoms with van der Waals surface area (Å²) in [6, 6.07) is 1.37. The first kappa shape index (κ1) is 14.4. The van der Waals surface area contributed by atoms with Crippen LogP contribution in [0.15, 0.2) is 12.3 Å². The molecule has 1 aromatic rings.